The summed E-state index contributed by atoms with van der Waals surface area (Å²) in [6.45, 7) is 5.93. The predicted octanol–water partition coefficient (Wildman–Crippen LogP) is 1.52. The maximum absolute atomic E-state index is 11.8. The number of hydrogen-bond donors (Lipinski definition) is 3. The van der Waals surface area contributed by atoms with Crippen molar-refractivity contribution in [3.8, 4) is 0 Å². The molecule has 0 aliphatic rings. The number of para-hydroxylation sites is 1. The maximum atomic E-state index is 11.8. The molecule has 2 amide bonds. The number of amides is 2. The third-order valence-electron chi connectivity index (χ3n) is 2.61. The van der Waals surface area contributed by atoms with Crippen molar-refractivity contribution < 1.29 is 9.59 Å². The molecule has 0 heterocycles. The molecule has 0 spiro atoms. The third kappa shape index (κ3) is 6.89. The van der Waals surface area contributed by atoms with Crippen molar-refractivity contribution in [2.24, 2.45) is 0 Å². The second-order valence-electron chi connectivity index (χ2n) is 5.12. The van der Waals surface area contributed by atoms with Crippen LogP contribution in [0.25, 0.3) is 0 Å². The Morgan fingerprint density at radius 3 is 2.30 bits per heavy atom. The number of hydrogen-bond acceptors (Lipinski definition) is 3. The van der Waals surface area contributed by atoms with Crippen LogP contribution in [-0.2, 0) is 9.59 Å². The van der Waals surface area contributed by atoms with Gasteiger partial charge in [-0.3, -0.25) is 9.59 Å². The molecule has 1 rings (SSSR count). The van der Waals surface area contributed by atoms with Crippen LogP contribution in [0.1, 0.15) is 27.2 Å². The highest BCUT2D eigenvalue weighted by molar-refractivity contribution is 5.91. The monoisotopic (exact) mass is 277 g/mol. The quantitative estimate of drug-likeness (QED) is 0.707. The van der Waals surface area contributed by atoms with Crippen molar-refractivity contribution in [1.82, 2.24) is 10.6 Å². The summed E-state index contributed by atoms with van der Waals surface area (Å²) in [4.78, 5) is 23.3. The molecule has 0 bridgehead atoms. The summed E-state index contributed by atoms with van der Waals surface area (Å²) < 4.78 is 0. The van der Waals surface area contributed by atoms with E-state index in [9.17, 15) is 9.59 Å². The molecule has 1 aromatic carbocycles. The van der Waals surface area contributed by atoms with Gasteiger partial charge in [0.1, 0.15) is 0 Å². The van der Waals surface area contributed by atoms with Crippen molar-refractivity contribution in [3.63, 3.8) is 0 Å². The molecule has 0 aliphatic heterocycles. The minimum Gasteiger partial charge on any atom is -0.353 e. The Morgan fingerprint density at radius 2 is 1.70 bits per heavy atom. The van der Waals surface area contributed by atoms with Crippen molar-refractivity contribution in [2.45, 2.75) is 39.3 Å². The van der Waals surface area contributed by atoms with Crippen molar-refractivity contribution in [3.05, 3.63) is 30.3 Å². The summed E-state index contributed by atoms with van der Waals surface area (Å²) in [6, 6.07) is 9.38. The van der Waals surface area contributed by atoms with E-state index in [-0.39, 0.29) is 30.4 Å². The fourth-order valence-corrected chi connectivity index (χ4v) is 1.72. The van der Waals surface area contributed by atoms with Gasteiger partial charge in [-0.15, -0.1) is 0 Å². The molecule has 5 heteroatoms. The molecule has 0 fully saturated rings. The van der Waals surface area contributed by atoms with Crippen LogP contribution >= 0.6 is 0 Å². The lowest BCUT2D eigenvalue weighted by molar-refractivity contribution is -0.121. The summed E-state index contributed by atoms with van der Waals surface area (Å²) in [5.41, 5.74) is 0.780. The lowest BCUT2D eigenvalue weighted by atomic mass is 10.2. The van der Waals surface area contributed by atoms with Crippen LogP contribution in [0.15, 0.2) is 30.3 Å². The summed E-state index contributed by atoms with van der Waals surface area (Å²) >= 11 is 0. The van der Waals surface area contributed by atoms with Crippen LogP contribution in [0.4, 0.5) is 5.69 Å². The SMILES string of the molecule is CC(C)NC(=O)CN[C@H](C)CC(=O)Nc1ccccc1. The van der Waals surface area contributed by atoms with E-state index in [1.807, 2.05) is 51.1 Å². The molecule has 0 aliphatic carbocycles. The molecule has 0 saturated heterocycles. The molecule has 1 atom stereocenters. The molecule has 0 aromatic heterocycles. The molecule has 0 unspecified atom stereocenters. The topological polar surface area (TPSA) is 70.2 Å². The Bertz CT molecular complexity index is 432. The maximum Gasteiger partial charge on any atom is 0.234 e. The lowest BCUT2D eigenvalue weighted by Crippen LogP contribution is -2.41. The molecule has 0 radical (unpaired) electrons. The minimum atomic E-state index is -0.0690. The first-order valence-electron chi connectivity index (χ1n) is 6.85. The van der Waals surface area contributed by atoms with E-state index in [1.165, 1.54) is 0 Å². The van der Waals surface area contributed by atoms with Gasteiger partial charge in [0.2, 0.25) is 11.8 Å². The lowest BCUT2D eigenvalue weighted by Gasteiger charge is -2.14. The van der Waals surface area contributed by atoms with E-state index in [0.717, 1.165) is 5.69 Å². The highest BCUT2D eigenvalue weighted by Crippen LogP contribution is 2.06. The predicted molar refractivity (Wildman–Crippen MR) is 80.4 cm³/mol. The van der Waals surface area contributed by atoms with E-state index < -0.39 is 0 Å². The van der Waals surface area contributed by atoms with E-state index in [0.29, 0.717) is 6.42 Å². The largest absolute Gasteiger partial charge is 0.353 e. The zero-order chi connectivity index (χ0) is 15.0. The highest BCUT2D eigenvalue weighted by Gasteiger charge is 2.10. The van der Waals surface area contributed by atoms with E-state index in [1.54, 1.807) is 0 Å². The summed E-state index contributed by atoms with van der Waals surface area (Å²) in [5.74, 6) is -0.129. The van der Waals surface area contributed by atoms with Crippen LogP contribution in [0, 0.1) is 0 Å². The van der Waals surface area contributed by atoms with E-state index in [4.69, 9.17) is 0 Å². The minimum absolute atomic E-state index is 0.0587. The Balaban J connectivity index is 2.26. The second kappa shape index (κ2) is 8.32. The fraction of sp³-hybridized carbons (Fsp3) is 0.467. The van der Waals surface area contributed by atoms with Gasteiger partial charge in [-0.1, -0.05) is 18.2 Å². The number of rotatable bonds is 7. The van der Waals surface area contributed by atoms with Gasteiger partial charge in [-0.05, 0) is 32.9 Å². The first-order valence-corrected chi connectivity index (χ1v) is 6.85. The Morgan fingerprint density at radius 1 is 1.05 bits per heavy atom. The molecular weight excluding hydrogens is 254 g/mol. The standard InChI is InChI=1S/C15H23N3O2/c1-11(2)17-15(20)10-16-12(3)9-14(19)18-13-7-5-4-6-8-13/h4-8,11-12,16H,9-10H2,1-3H3,(H,17,20)(H,18,19)/t12-/m1/s1. The van der Waals surface area contributed by atoms with Crippen LogP contribution in [-0.4, -0.2) is 30.4 Å². The van der Waals surface area contributed by atoms with Gasteiger partial charge in [-0.25, -0.2) is 0 Å². The molecule has 0 saturated carbocycles. The third-order valence-corrected chi connectivity index (χ3v) is 2.61. The van der Waals surface area contributed by atoms with Gasteiger partial charge in [0.25, 0.3) is 0 Å². The van der Waals surface area contributed by atoms with Gasteiger partial charge in [-0.2, -0.15) is 0 Å². The van der Waals surface area contributed by atoms with Crippen molar-refractivity contribution in [1.29, 1.82) is 0 Å². The first kappa shape index (κ1) is 16.2. The molecule has 110 valence electrons. The number of carbonyl (C=O) groups excluding carboxylic acids is 2. The van der Waals surface area contributed by atoms with Gasteiger partial charge in [0.05, 0.1) is 6.54 Å². The van der Waals surface area contributed by atoms with Gasteiger partial charge in [0.15, 0.2) is 0 Å². The van der Waals surface area contributed by atoms with Gasteiger partial charge >= 0.3 is 0 Å². The zero-order valence-corrected chi connectivity index (χ0v) is 12.3. The molecule has 20 heavy (non-hydrogen) atoms. The Labute approximate surface area is 120 Å². The second-order valence-corrected chi connectivity index (χ2v) is 5.12. The van der Waals surface area contributed by atoms with Gasteiger partial charge < -0.3 is 16.0 Å². The Kier molecular flexibility index (Phi) is 6.73. The van der Waals surface area contributed by atoms with Crippen LogP contribution in [0.3, 0.4) is 0 Å². The number of nitrogens with one attached hydrogen (secondary N) is 3. The molecule has 1 aromatic rings. The summed E-state index contributed by atoms with van der Waals surface area (Å²) in [6.07, 6.45) is 0.323. The number of anilines is 1. The average molecular weight is 277 g/mol. The molecule has 3 N–H and O–H groups in total. The fourth-order valence-electron chi connectivity index (χ4n) is 1.72. The first-order chi connectivity index (χ1) is 9.47. The van der Waals surface area contributed by atoms with Crippen LogP contribution in [0.5, 0.6) is 0 Å². The number of carbonyl (C=O) groups is 2. The normalized spacial score (nSPS) is 12.0. The van der Waals surface area contributed by atoms with E-state index >= 15 is 0 Å². The van der Waals surface area contributed by atoms with Gasteiger partial charge in [0, 0.05) is 24.2 Å². The molecule has 5 nitrogen and oxygen atoms in total. The average Bonchev–Trinajstić information content (AvgIpc) is 2.36. The van der Waals surface area contributed by atoms with Crippen molar-refractivity contribution in [2.75, 3.05) is 11.9 Å². The molecular formula is C15H23N3O2. The zero-order valence-electron chi connectivity index (χ0n) is 12.3. The van der Waals surface area contributed by atoms with Crippen molar-refractivity contribution >= 4 is 17.5 Å². The van der Waals surface area contributed by atoms with Crippen LogP contribution in [0.2, 0.25) is 0 Å². The Hall–Kier alpha value is -1.88. The highest BCUT2D eigenvalue weighted by atomic mass is 16.2. The smallest absolute Gasteiger partial charge is 0.234 e. The van der Waals surface area contributed by atoms with E-state index in [2.05, 4.69) is 16.0 Å². The summed E-state index contributed by atoms with van der Waals surface area (Å²) in [5, 5.41) is 8.63. The summed E-state index contributed by atoms with van der Waals surface area (Å²) in [7, 11) is 0. The number of benzene rings is 1. The van der Waals surface area contributed by atoms with Crippen LogP contribution < -0.4 is 16.0 Å².